The lowest BCUT2D eigenvalue weighted by molar-refractivity contribution is -0.645. The van der Waals surface area contributed by atoms with Crippen LogP contribution in [0.15, 0.2) is 84.0 Å². The van der Waals surface area contributed by atoms with E-state index in [1.807, 2.05) is 6.07 Å². The summed E-state index contributed by atoms with van der Waals surface area (Å²) in [7, 11) is 0. The minimum Gasteiger partial charge on any atom is -0.618 e. The number of aromatic nitrogens is 1. The number of pyridine rings is 1. The Kier molecular flexibility index (Phi) is 5.66. The average Bonchev–Trinajstić information content (AvgIpc) is 2.68. The van der Waals surface area contributed by atoms with Crippen LogP contribution in [-0.4, -0.2) is 17.4 Å². The van der Waals surface area contributed by atoms with Crippen LogP contribution in [0.3, 0.4) is 0 Å². The number of para-hydroxylation sites is 1. The fourth-order valence-corrected chi connectivity index (χ4v) is 3.10. The standard InChI is InChI=1S/C20H16N2O3S/c23-18(14-26-19-12-6-7-13-22(19)25)21-17-11-5-4-10-16(17)20(24)15-8-2-1-3-9-15/h1-13H,14H2,(H,21,23). The van der Waals surface area contributed by atoms with Crippen molar-refractivity contribution in [3.05, 3.63) is 95.3 Å². The number of ketones is 1. The van der Waals surface area contributed by atoms with Crippen molar-refractivity contribution in [1.82, 2.24) is 0 Å². The third-order valence-electron chi connectivity index (χ3n) is 3.62. The topological polar surface area (TPSA) is 73.1 Å². The van der Waals surface area contributed by atoms with Crippen molar-refractivity contribution in [3.63, 3.8) is 0 Å². The summed E-state index contributed by atoms with van der Waals surface area (Å²) in [5.74, 6) is -0.373. The number of amides is 1. The van der Waals surface area contributed by atoms with Gasteiger partial charge in [0.1, 0.15) is 0 Å². The number of carbonyl (C=O) groups is 2. The predicted octanol–water partition coefficient (Wildman–Crippen LogP) is 3.28. The predicted molar refractivity (Wildman–Crippen MR) is 101 cm³/mol. The Balaban J connectivity index is 1.71. The van der Waals surface area contributed by atoms with Gasteiger partial charge in [0, 0.05) is 23.3 Å². The van der Waals surface area contributed by atoms with Crippen molar-refractivity contribution in [2.75, 3.05) is 11.1 Å². The normalized spacial score (nSPS) is 10.3. The Bertz CT molecular complexity index is 929. The molecule has 130 valence electrons. The van der Waals surface area contributed by atoms with Crippen molar-refractivity contribution in [2.45, 2.75) is 5.03 Å². The molecule has 0 aliphatic heterocycles. The molecule has 3 aromatic rings. The van der Waals surface area contributed by atoms with Crippen molar-refractivity contribution in [2.24, 2.45) is 0 Å². The monoisotopic (exact) mass is 364 g/mol. The van der Waals surface area contributed by atoms with E-state index in [-0.39, 0.29) is 17.4 Å². The number of carbonyl (C=O) groups excluding carboxylic acids is 2. The molecular formula is C20H16N2O3S. The molecule has 0 aliphatic carbocycles. The molecule has 2 aromatic carbocycles. The SMILES string of the molecule is O=C(CSc1cccc[n+]1[O-])Nc1ccccc1C(=O)c1ccccc1. The lowest BCUT2D eigenvalue weighted by Gasteiger charge is -2.10. The first-order valence-electron chi connectivity index (χ1n) is 7.95. The highest BCUT2D eigenvalue weighted by molar-refractivity contribution is 7.99. The molecule has 1 aromatic heterocycles. The summed E-state index contributed by atoms with van der Waals surface area (Å²) in [6.07, 6.45) is 1.38. The van der Waals surface area contributed by atoms with Crippen molar-refractivity contribution >= 4 is 29.1 Å². The Morgan fingerprint density at radius 3 is 2.38 bits per heavy atom. The van der Waals surface area contributed by atoms with E-state index in [2.05, 4.69) is 5.32 Å². The fourth-order valence-electron chi connectivity index (χ4n) is 2.39. The summed E-state index contributed by atoms with van der Waals surface area (Å²) in [6, 6.07) is 20.8. The molecule has 1 amide bonds. The van der Waals surface area contributed by atoms with E-state index in [4.69, 9.17) is 0 Å². The number of hydrogen-bond donors (Lipinski definition) is 1. The van der Waals surface area contributed by atoms with Gasteiger partial charge in [0.05, 0.1) is 11.4 Å². The zero-order chi connectivity index (χ0) is 18.4. The molecule has 0 unspecified atom stereocenters. The molecule has 6 heteroatoms. The average molecular weight is 364 g/mol. The van der Waals surface area contributed by atoms with Gasteiger partial charge in [-0.05, 0) is 30.0 Å². The Morgan fingerprint density at radius 2 is 1.62 bits per heavy atom. The van der Waals surface area contributed by atoms with Crippen LogP contribution in [0.1, 0.15) is 15.9 Å². The summed E-state index contributed by atoms with van der Waals surface area (Å²) in [6.45, 7) is 0. The first-order chi connectivity index (χ1) is 12.6. The molecule has 0 radical (unpaired) electrons. The maximum Gasteiger partial charge on any atom is 0.251 e. The van der Waals surface area contributed by atoms with E-state index in [9.17, 15) is 14.8 Å². The molecular weight excluding hydrogens is 348 g/mol. The highest BCUT2D eigenvalue weighted by Gasteiger charge is 2.15. The molecule has 0 aliphatic rings. The molecule has 0 spiro atoms. The van der Waals surface area contributed by atoms with Crippen LogP contribution < -0.4 is 10.0 Å². The molecule has 1 heterocycles. The van der Waals surface area contributed by atoms with Gasteiger partial charge in [0.2, 0.25) is 5.91 Å². The molecule has 26 heavy (non-hydrogen) atoms. The first-order valence-corrected chi connectivity index (χ1v) is 8.93. The number of nitrogens with zero attached hydrogens (tertiary/aromatic N) is 1. The second-order valence-corrected chi connectivity index (χ2v) is 6.44. The van der Waals surface area contributed by atoms with Gasteiger partial charge in [-0.3, -0.25) is 9.59 Å². The smallest absolute Gasteiger partial charge is 0.251 e. The van der Waals surface area contributed by atoms with Gasteiger partial charge < -0.3 is 10.5 Å². The first kappa shape index (κ1) is 17.7. The second kappa shape index (κ2) is 8.31. The lowest BCUT2D eigenvalue weighted by Crippen LogP contribution is -2.28. The zero-order valence-corrected chi connectivity index (χ0v) is 14.6. The van der Waals surface area contributed by atoms with Crippen LogP contribution in [0, 0.1) is 5.21 Å². The molecule has 0 bridgehead atoms. The molecule has 0 atom stereocenters. The summed E-state index contributed by atoms with van der Waals surface area (Å²) in [5, 5.41) is 14.8. The quantitative estimate of drug-likeness (QED) is 0.315. The van der Waals surface area contributed by atoms with E-state index in [0.29, 0.717) is 26.6 Å². The molecule has 0 saturated carbocycles. The minimum atomic E-state index is -0.285. The largest absolute Gasteiger partial charge is 0.618 e. The third kappa shape index (κ3) is 4.29. The van der Waals surface area contributed by atoms with Crippen LogP contribution in [-0.2, 0) is 4.79 Å². The van der Waals surface area contributed by atoms with Crippen LogP contribution in [0.2, 0.25) is 0 Å². The van der Waals surface area contributed by atoms with E-state index in [0.717, 1.165) is 11.8 Å². The zero-order valence-electron chi connectivity index (χ0n) is 13.8. The van der Waals surface area contributed by atoms with Crippen LogP contribution in [0.25, 0.3) is 0 Å². The summed E-state index contributed by atoms with van der Waals surface area (Å²) < 4.78 is 0.713. The molecule has 0 fully saturated rings. The van der Waals surface area contributed by atoms with E-state index >= 15 is 0 Å². The number of anilines is 1. The summed E-state index contributed by atoms with van der Waals surface area (Å²) in [5.41, 5.74) is 1.44. The highest BCUT2D eigenvalue weighted by atomic mass is 32.2. The third-order valence-corrected chi connectivity index (χ3v) is 4.64. The summed E-state index contributed by atoms with van der Waals surface area (Å²) in [4.78, 5) is 24.9. The number of hydrogen-bond acceptors (Lipinski definition) is 4. The van der Waals surface area contributed by atoms with Crippen LogP contribution in [0.5, 0.6) is 0 Å². The minimum absolute atomic E-state index is 0.0696. The van der Waals surface area contributed by atoms with Crippen LogP contribution in [0.4, 0.5) is 5.69 Å². The fraction of sp³-hybridized carbons (Fsp3) is 0.0500. The molecule has 3 rings (SSSR count). The van der Waals surface area contributed by atoms with Gasteiger partial charge in [-0.1, -0.05) is 42.5 Å². The second-order valence-electron chi connectivity index (χ2n) is 5.44. The van der Waals surface area contributed by atoms with Crippen molar-refractivity contribution < 1.29 is 14.3 Å². The van der Waals surface area contributed by atoms with E-state index < -0.39 is 0 Å². The van der Waals surface area contributed by atoms with Crippen LogP contribution >= 0.6 is 11.8 Å². The molecule has 5 nitrogen and oxygen atoms in total. The molecule has 0 saturated heterocycles. The van der Waals surface area contributed by atoms with Gasteiger partial charge in [0.25, 0.3) is 5.03 Å². The Labute approximate surface area is 155 Å². The molecule has 1 N–H and O–H groups in total. The highest BCUT2D eigenvalue weighted by Crippen LogP contribution is 2.20. The van der Waals surface area contributed by atoms with E-state index in [1.54, 1.807) is 66.7 Å². The summed E-state index contributed by atoms with van der Waals surface area (Å²) >= 11 is 1.14. The lowest BCUT2D eigenvalue weighted by atomic mass is 10.0. The van der Waals surface area contributed by atoms with E-state index in [1.165, 1.54) is 6.20 Å². The van der Waals surface area contributed by atoms with Crippen molar-refractivity contribution in [1.29, 1.82) is 0 Å². The van der Waals surface area contributed by atoms with Gasteiger partial charge in [-0.15, -0.1) is 0 Å². The van der Waals surface area contributed by atoms with Gasteiger partial charge in [-0.2, -0.15) is 4.73 Å². The maximum absolute atomic E-state index is 12.7. The van der Waals surface area contributed by atoms with Gasteiger partial charge in [-0.25, -0.2) is 0 Å². The van der Waals surface area contributed by atoms with Gasteiger partial charge >= 0.3 is 0 Å². The Morgan fingerprint density at radius 1 is 0.923 bits per heavy atom. The maximum atomic E-state index is 12.7. The number of nitrogens with one attached hydrogen (secondary N) is 1. The van der Waals surface area contributed by atoms with Gasteiger partial charge in [0.15, 0.2) is 12.0 Å². The number of thioether (sulfide) groups is 1. The number of benzene rings is 2. The van der Waals surface area contributed by atoms with Crippen molar-refractivity contribution in [3.8, 4) is 0 Å². The number of rotatable bonds is 6. The Hall–Kier alpha value is -3.12.